The van der Waals surface area contributed by atoms with E-state index in [1.807, 2.05) is 43.5 Å². The second-order valence-corrected chi connectivity index (χ2v) is 7.69. The van der Waals surface area contributed by atoms with Gasteiger partial charge in [0.05, 0.1) is 17.1 Å². The molecule has 5 rings (SSSR count). The molecule has 0 saturated carbocycles. The molecule has 2 aliphatic heterocycles. The van der Waals surface area contributed by atoms with Crippen LogP contribution < -0.4 is 15.4 Å². The molecule has 7 nitrogen and oxygen atoms in total. The van der Waals surface area contributed by atoms with Crippen LogP contribution in [0.5, 0.6) is 5.75 Å². The zero-order chi connectivity index (χ0) is 20.0. The lowest BCUT2D eigenvalue weighted by atomic mass is 10.1. The molecule has 2 aliphatic rings. The number of ether oxygens (including phenoxy) is 1. The Morgan fingerprint density at radius 3 is 2.79 bits per heavy atom. The third-order valence-electron chi connectivity index (χ3n) is 5.80. The van der Waals surface area contributed by atoms with Gasteiger partial charge in [-0.1, -0.05) is 0 Å². The smallest absolute Gasteiger partial charge is 0.265 e. The number of rotatable bonds is 4. The van der Waals surface area contributed by atoms with Gasteiger partial charge in [0, 0.05) is 30.5 Å². The summed E-state index contributed by atoms with van der Waals surface area (Å²) in [6.07, 6.45) is 4.41. The molecule has 1 aromatic carbocycles. The highest BCUT2D eigenvalue weighted by Gasteiger charge is 2.26. The van der Waals surface area contributed by atoms with Crippen LogP contribution in [0.3, 0.4) is 0 Å². The Morgan fingerprint density at radius 2 is 2.00 bits per heavy atom. The van der Waals surface area contributed by atoms with E-state index in [-0.39, 0.29) is 12.5 Å². The highest BCUT2D eigenvalue weighted by atomic mass is 16.5. The fourth-order valence-corrected chi connectivity index (χ4v) is 4.34. The number of likely N-dealkylation sites (N-methyl/N-ethyl adjacent to an activating group) is 1. The lowest BCUT2D eigenvalue weighted by molar-refractivity contribution is -0.121. The van der Waals surface area contributed by atoms with Crippen LogP contribution in [0.1, 0.15) is 25.5 Å². The summed E-state index contributed by atoms with van der Waals surface area (Å²) in [5.74, 6) is 0.724. The van der Waals surface area contributed by atoms with E-state index in [9.17, 15) is 4.79 Å². The first-order valence-corrected chi connectivity index (χ1v) is 10.2. The third-order valence-corrected chi connectivity index (χ3v) is 5.80. The van der Waals surface area contributed by atoms with Crippen LogP contribution in [0.15, 0.2) is 36.5 Å². The highest BCUT2D eigenvalue weighted by molar-refractivity contribution is 5.98. The maximum Gasteiger partial charge on any atom is 0.265 e. The number of carbonyl (C=O) groups is 1. The topological polar surface area (TPSA) is 76.1 Å². The Balaban J connectivity index is 1.64. The zero-order valence-electron chi connectivity index (χ0n) is 16.6. The van der Waals surface area contributed by atoms with Gasteiger partial charge in [0.1, 0.15) is 11.4 Å². The number of nitrogen functional groups attached to an aromatic ring is 1. The van der Waals surface area contributed by atoms with E-state index in [0.29, 0.717) is 12.2 Å². The number of hydrogen-bond donors (Lipinski definition) is 1. The minimum absolute atomic E-state index is 0.0165. The number of benzene rings is 1. The summed E-state index contributed by atoms with van der Waals surface area (Å²) < 4.78 is 7.73. The van der Waals surface area contributed by atoms with Crippen molar-refractivity contribution in [3.63, 3.8) is 0 Å². The molecule has 3 aromatic rings. The van der Waals surface area contributed by atoms with Crippen LogP contribution in [0, 0.1) is 0 Å². The number of pyridine rings is 1. The Labute approximate surface area is 169 Å². The Kier molecular flexibility index (Phi) is 4.39. The van der Waals surface area contributed by atoms with Gasteiger partial charge in [0.2, 0.25) is 0 Å². The third kappa shape index (κ3) is 3.11. The second-order valence-electron chi connectivity index (χ2n) is 7.69. The number of hydrogen-bond acceptors (Lipinski definition) is 5. The SMILES string of the molecule is CCN1C(=O)COc2ccc(-c3nc4ccc(N)cn4c3CN3CCCC3)cc21. The largest absolute Gasteiger partial charge is 0.482 e. The number of amides is 1. The summed E-state index contributed by atoms with van der Waals surface area (Å²) in [4.78, 5) is 21.4. The number of nitrogens with zero attached hydrogens (tertiary/aromatic N) is 4. The van der Waals surface area contributed by atoms with Crippen molar-refractivity contribution in [1.82, 2.24) is 14.3 Å². The van der Waals surface area contributed by atoms with E-state index in [4.69, 9.17) is 15.5 Å². The summed E-state index contributed by atoms with van der Waals surface area (Å²) in [7, 11) is 0. The quantitative estimate of drug-likeness (QED) is 0.740. The van der Waals surface area contributed by atoms with Gasteiger partial charge >= 0.3 is 0 Å². The Morgan fingerprint density at radius 1 is 1.17 bits per heavy atom. The molecule has 1 saturated heterocycles. The van der Waals surface area contributed by atoms with E-state index >= 15 is 0 Å². The maximum absolute atomic E-state index is 12.3. The van der Waals surface area contributed by atoms with E-state index in [2.05, 4.69) is 9.30 Å². The van der Waals surface area contributed by atoms with Crippen molar-refractivity contribution in [3.05, 3.63) is 42.2 Å². The molecule has 4 heterocycles. The minimum Gasteiger partial charge on any atom is -0.482 e. The van der Waals surface area contributed by atoms with Crippen molar-refractivity contribution >= 4 is 22.9 Å². The summed E-state index contributed by atoms with van der Waals surface area (Å²) in [6.45, 7) is 5.71. The van der Waals surface area contributed by atoms with Crippen LogP contribution >= 0.6 is 0 Å². The number of imidazole rings is 1. The van der Waals surface area contributed by atoms with Crippen molar-refractivity contribution in [2.24, 2.45) is 0 Å². The minimum atomic E-state index is -0.0165. The molecular weight excluding hydrogens is 366 g/mol. The Hall–Kier alpha value is -3.06. The van der Waals surface area contributed by atoms with Crippen LogP contribution in [0.2, 0.25) is 0 Å². The van der Waals surface area contributed by atoms with E-state index in [1.165, 1.54) is 12.8 Å². The number of nitrogens with two attached hydrogens (primary N) is 1. The summed E-state index contributed by atoms with van der Waals surface area (Å²) in [6, 6.07) is 9.83. The van der Waals surface area contributed by atoms with Crippen LogP contribution in [-0.2, 0) is 11.3 Å². The van der Waals surface area contributed by atoms with Crippen molar-refractivity contribution < 1.29 is 9.53 Å². The summed E-state index contributed by atoms with van der Waals surface area (Å²) in [5, 5.41) is 0. The molecule has 0 radical (unpaired) electrons. The van der Waals surface area contributed by atoms with Crippen LogP contribution in [0.4, 0.5) is 11.4 Å². The first-order chi connectivity index (χ1) is 14.1. The second kappa shape index (κ2) is 7.08. The molecule has 150 valence electrons. The summed E-state index contributed by atoms with van der Waals surface area (Å²) in [5.41, 5.74) is 11.5. The number of anilines is 2. The molecule has 1 fully saturated rings. The lowest BCUT2D eigenvalue weighted by Crippen LogP contribution is -2.38. The molecule has 29 heavy (non-hydrogen) atoms. The van der Waals surface area contributed by atoms with E-state index < -0.39 is 0 Å². The number of aromatic nitrogens is 2. The van der Waals surface area contributed by atoms with Gasteiger partial charge in [-0.2, -0.15) is 0 Å². The fourth-order valence-electron chi connectivity index (χ4n) is 4.34. The van der Waals surface area contributed by atoms with Gasteiger partial charge in [-0.05, 0) is 63.2 Å². The number of carbonyl (C=O) groups excluding carboxylic acids is 1. The number of fused-ring (bicyclic) bond motifs is 2. The van der Waals surface area contributed by atoms with E-state index in [0.717, 1.165) is 53.7 Å². The Bertz CT molecular complexity index is 1080. The average Bonchev–Trinajstić information content (AvgIpc) is 3.36. The first-order valence-electron chi connectivity index (χ1n) is 10.2. The summed E-state index contributed by atoms with van der Waals surface area (Å²) >= 11 is 0. The maximum atomic E-state index is 12.3. The zero-order valence-corrected chi connectivity index (χ0v) is 16.6. The monoisotopic (exact) mass is 391 g/mol. The molecule has 2 aromatic heterocycles. The van der Waals surface area contributed by atoms with Crippen molar-refractivity contribution in [2.45, 2.75) is 26.3 Å². The van der Waals surface area contributed by atoms with Gasteiger partial charge < -0.3 is 19.8 Å². The number of likely N-dealkylation sites (tertiary alicyclic amines) is 1. The molecule has 7 heteroatoms. The van der Waals surface area contributed by atoms with Gasteiger partial charge in [-0.25, -0.2) is 4.98 Å². The van der Waals surface area contributed by atoms with Gasteiger partial charge in [-0.3, -0.25) is 9.69 Å². The van der Waals surface area contributed by atoms with Crippen molar-refractivity contribution in [3.8, 4) is 17.0 Å². The molecule has 0 bridgehead atoms. The molecule has 0 atom stereocenters. The van der Waals surface area contributed by atoms with Gasteiger partial charge in [-0.15, -0.1) is 0 Å². The van der Waals surface area contributed by atoms with Gasteiger partial charge in [0.15, 0.2) is 6.61 Å². The molecule has 2 N–H and O–H groups in total. The molecule has 0 aliphatic carbocycles. The normalized spacial score (nSPS) is 17.0. The van der Waals surface area contributed by atoms with Crippen LogP contribution in [0.25, 0.3) is 16.9 Å². The molecular formula is C22H25N5O2. The standard InChI is InChI=1S/C22H25N5O2/c1-2-26-17-11-15(5-7-19(17)29-14-21(26)28)22-18(13-25-9-3-4-10-25)27-12-16(23)6-8-20(27)24-22/h5-8,11-12H,2-4,9-10,13-14,23H2,1H3. The molecule has 1 amide bonds. The molecule has 0 unspecified atom stereocenters. The van der Waals surface area contributed by atoms with Crippen LogP contribution in [-0.4, -0.2) is 46.4 Å². The predicted octanol–water partition coefficient (Wildman–Crippen LogP) is 2.92. The van der Waals surface area contributed by atoms with Crippen molar-refractivity contribution in [2.75, 3.05) is 36.9 Å². The average molecular weight is 391 g/mol. The lowest BCUT2D eigenvalue weighted by Gasteiger charge is -2.28. The highest BCUT2D eigenvalue weighted by Crippen LogP contribution is 2.37. The van der Waals surface area contributed by atoms with E-state index in [1.54, 1.807) is 4.90 Å². The fraction of sp³-hybridized carbons (Fsp3) is 0.364. The predicted molar refractivity (Wildman–Crippen MR) is 113 cm³/mol. The molecule has 0 spiro atoms. The first kappa shape index (κ1) is 18.0. The van der Waals surface area contributed by atoms with Crippen molar-refractivity contribution in [1.29, 1.82) is 0 Å². The van der Waals surface area contributed by atoms with Gasteiger partial charge in [0.25, 0.3) is 5.91 Å².